The first kappa shape index (κ1) is 12.9. The first-order chi connectivity index (χ1) is 9.17. The van der Waals surface area contributed by atoms with Crippen LogP contribution in [0.15, 0.2) is 30.4 Å². The molecule has 4 atom stereocenters. The van der Waals surface area contributed by atoms with Gasteiger partial charge in [0.25, 0.3) is 0 Å². The summed E-state index contributed by atoms with van der Waals surface area (Å²) in [4.78, 5) is 0. The van der Waals surface area contributed by atoms with Crippen LogP contribution in [0.3, 0.4) is 0 Å². The van der Waals surface area contributed by atoms with E-state index in [1.165, 1.54) is 12.8 Å². The van der Waals surface area contributed by atoms with E-state index in [1.54, 1.807) is 7.11 Å². The van der Waals surface area contributed by atoms with Crippen molar-refractivity contribution in [1.82, 2.24) is 0 Å². The van der Waals surface area contributed by atoms with Crippen molar-refractivity contribution in [3.63, 3.8) is 0 Å². The standard InChI is InChI=1S/C16H20ClNO/c1-10(14-8-11-3-4-12(14)7-11)18-13-5-6-16(19-2)15(17)9-13/h3-6,9-12,14,18H,7-8H2,1-2H3. The van der Waals surface area contributed by atoms with Gasteiger partial charge in [-0.1, -0.05) is 23.8 Å². The van der Waals surface area contributed by atoms with Crippen LogP contribution in [-0.4, -0.2) is 13.2 Å². The number of anilines is 1. The Labute approximate surface area is 119 Å². The molecule has 0 saturated heterocycles. The zero-order valence-corrected chi connectivity index (χ0v) is 12.2. The fraction of sp³-hybridized carbons (Fsp3) is 0.500. The number of nitrogens with one attached hydrogen (secondary N) is 1. The number of ether oxygens (including phenoxy) is 1. The van der Waals surface area contributed by atoms with Crippen LogP contribution < -0.4 is 10.1 Å². The van der Waals surface area contributed by atoms with E-state index in [1.807, 2.05) is 18.2 Å². The van der Waals surface area contributed by atoms with Crippen LogP contribution in [0.2, 0.25) is 5.02 Å². The van der Waals surface area contributed by atoms with Crippen molar-refractivity contribution in [2.75, 3.05) is 12.4 Å². The summed E-state index contributed by atoms with van der Waals surface area (Å²) in [6, 6.07) is 6.37. The predicted octanol–water partition coefficient (Wildman–Crippen LogP) is 4.36. The summed E-state index contributed by atoms with van der Waals surface area (Å²) in [6.45, 7) is 2.28. The number of fused-ring (bicyclic) bond motifs is 2. The molecule has 4 unspecified atom stereocenters. The Hall–Kier alpha value is -1.15. The van der Waals surface area contributed by atoms with E-state index in [9.17, 15) is 0 Å². The minimum Gasteiger partial charge on any atom is -0.495 e. The quantitative estimate of drug-likeness (QED) is 0.826. The van der Waals surface area contributed by atoms with Crippen molar-refractivity contribution < 1.29 is 4.74 Å². The fourth-order valence-electron chi connectivity index (χ4n) is 3.52. The molecule has 2 aliphatic rings. The minimum absolute atomic E-state index is 0.476. The first-order valence-electron chi connectivity index (χ1n) is 6.96. The Morgan fingerprint density at radius 3 is 2.74 bits per heavy atom. The first-order valence-corrected chi connectivity index (χ1v) is 7.33. The monoisotopic (exact) mass is 277 g/mol. The lowest BCUT2D eigenvalue weighted by Crippen LogP contribution is -2.28. The number of halogens is 1. The van der Waals surface area contributed by atoms with E-state index in [2.05, 4.69) is 24.4 Å². The van der Waals surface area contributed by atoms with Gasteiger partial charge in [-0.3, -0.25) is 0 Å². The molecule has 3 heteroatoms. The summed E-state index contributed by atoms with van der Waals surface area (Å²) in [7, 11) is 1.64. The number of methoxy groups -OCH3 is 1. The van der Waals surface area contributed by atoms with Crippen molar-refractivity contribution in [2.45, 2.75) is 25.8 Å². The van der Waals surface area contributed by atoms with E-state index < -0.39 is 0 Å². The van der Waals surface area contributed by atoms with E-state index in [4.69, 9.17) is 16.3 Å². The molecule has 3 rings (SSSR count). The lowest BCUT2D eigenvalue weighted by Gasteiger charge is -2.27. The number of benzene rings is 1. The predicted molar refractivity (Wildman–Crippen MR) is 79.9 cm³/mol. The second-order valence-electron chi connectivity index (χ2n) is 5.73. The molecule has 102 valence electrons. The molecule has 1 aromatic rings. The zero-order chi connectivity index (χ0) is 13.4. The van der Waals surface area contributed by atoms with Crippen LogP contribution in [0, 0.1) is 17.8 Å². The van der Waals surface area contributed by atoms with Crippen molar-refractivity contribution >= 4 is 17.3 Å². The second kappa shape index (κ2) is 5.09. The maximum Gasteiger partial charge on any atom is 0.137 e. The normalized spacial score (nSPS) is 29.5. The van der Waals surface area contributed by atoms with Gasteiger partial charge in [-0.05, 0) is 55.7 Å². The average molecular weight is 278 g/mol. The summed E-state index contributed by atoms with van der Waals surface area (Å²) >= 11 is 6.16. The molecule has 1 saturated carbocycles. The Morgan fingerprint density at radius 2 is 2.16 bits per heavy atom. The van der Waals surface area contributed by atoms with Crippen molar-refractivity contribution in [3.8, 4) is 5.75 Å². The lowest BCUT2D eigenvalue weighted by atomic mass is 9.87. The minimum atomic E-state index is 0.476. The maximum absolute atomic E-state index is 6.16. The third kappa shape index (κ3) is 2.46. The van der Waals surface area contributed by atoms with Gasteiger partial charge >= 0.3 is 0 Å². The molecule has 1 aromatic carbocycles. The molecular formula is C16H20ClNO. The van der Waals surface area contributed by atoms with Crippen molar-refractivity contribution in [3.05, 3.63) is 35.4 Å². The highest BCUT2D eigenvalue weighted by molar-refractivity contribution is 6.32. The van der Waals surface area contributed by atoms with Crippen LogP contribution in [-0.2, 0) is 0 Å². The van der Waals surface area contributed by atoms with Gasteiger partial charge in [-0.2, -0.15) is 0 Å². The van der Waals surface area contributed by atoms with Gasteiger partial charge in [0.05, 0.1) is 12.1 Å². The fourth-order valence-corrected chi connectivity index (χ4v) is 3.78. The topological polar surface area (TPSA) is 21.3 Å². The lowest BCUT2D eigenvalue weighted by molar-refractivity contribution is 0.399. The Kier molecular flexibility index (Phi) is 3.44. The Balaban J connectivity index is 1.68. The average Bonchev–Trinajstić information content (AvgIpc) is 3.01. The van der Waals surface area contributed by atoms with Crippen LogP contribution in [0.25, 0.3) is 0 Å². The van der Waals surface area contributed by atoms with Crippen LogP contribution in [0.5, 0.6) is 5.75 Å². The van der Waals surface area contributed by atoms with E-state index >= 15 is 0 Å². The Bertz CT molecular complexity index is 500. The van der Waals surface area contributed by atoms with Gasteiger partial charge in [-0.15, -0.1) is 0 Å². The molecule has 0 spiro atoms. The molecular weight excluding hydrogens is 258 g/mol. The molecule has 1 N–H and O–H groups in total. The van der Waals surface area contributed by atoms with Gasteiger partial charge in [-0.25, -0.2) is 0 Å². The summed E-state index contributed by atoms with van der Waals surface area (Å²) in [6.07, 6.45) is 7.45. The number of hydrogen-bond acceptors (Lipinski definition) is 2. The molecule has 2 bridgehead atoms. The highest BCUT2D eigenvalue weighted by atomic mass is 35.5. The molecule has 0 heterocycles. The van der Waals surface area contributed by atoms with E-state index in [-0.39, 0.29) is 0 Å². The molecule has 1 fully saturated rings. The molecule has 0 aromatic heterocycles. The van der Waals surface area contributed by atoms with Gasteiger partial charge in [0.1, 0.15) is 5.75 Å². The van der Waals surface area contributed by atoms with Crippen LogP contribution in [0.1, 0.15) is 19.8 Å². The second-order valence-corrected chi connectivity index (χ2v) is 6.13. The molecule has 2 aliphatic carbocycles. The number of hydrogen-bond donors (Lipinski definition) is 1. The largest absolute Gasteiger partial charge is 0.495 e. The summed E-state index contributed by atoms with van der Waals surface area (Å²) < 4.78 is 5.18. The summed E-state index contributed by atoms with van der Waals surface area (Å²) in [5.41, 5.74) is 1.07. The molecule has 0 aliphatic heterocycles. The molecule has 0 amide bonds. The Morgan fingerprint density at radius 1 is 1.32 bits per heavy atom. The number of allylic oxidation sites excluding steroid dienone is 2. The third-order valence-electron chi connectivity index (χ3n) is 4.52. The third-order valence-corrected chi connectivity index (χ3v) is 4.81. The van der Waals surface area contributed by atoms with Gasteiger partial charge in [0, 0.05) is 11.7 Å². The maximum atomic E-state index is 6.16. The molecule has 2 nitrogen and oxygen atoms in total. The summed E-state index contributed by atoms with van der Waals surface area (Å²) in [5.74, 6) is 3.05. The van der Waals surface area contributed by atoms with Gasteiger partial charge in [0.2, 0.25) is 0 Å². The van der Waals surface area contributed by atoms with Crippen LogP contribution >= 0.6 is 11.6 Å². The highest BCUT2D eigenvalue weighted by Crippen LogP contribution is 2.45. The molecule has 0 radical (unpaired) electrons. The van der Waals surface area contributed by atoms with Crippen molar-refractivity contribution in [2.24, 2.45) is 17.8 Å². The van der Waals surface area contributed by atoms with Gasteiger partial charge in [0.15, 0.2) is 0 Å². The number of rotatable bonds is 4. The van der Waals surface area contributed by atoms with Crippen LogP contribution in [0.4, 0.5) is 5.69 Å². The SMILES string of the molecule is COc1ccc(NC(C)C2CC3C=CC2C3)cc1Cl. The zero-order valence-electron chi connectivity index (χ0n) is 11.4. The van der Waals surface area contributed by atoms with Crippen molar-refractivity contribution in [1.29, 1.82) is 0 Å². The molecule has 19 heavy (non-hydrogen) atoms. The van der Waals surface area contributed by atoms with E-state index in [0.717, 1.165) is 29.2 Å². The van der Waals surface area contributed by atoms with E-state index in [0.29, 0.717) is 11.1 Å². The highest BCUT2D eigenvalue weighted by Gasteiger charge is 2.38. The smallest absolute Gasteiger partial charge is 0.137 e. The summed E-state index contributed by atoms with van der Waals surface area (Å²) in [5, 5.41) is 4.25. The van der Waals surface area contributed by atoms with Gasteiger partial charge < -0.3 is 10.1 Å².